The van der Waals surface area contributed by atoms with E-state index in [1.165, 1.54) is 7.11 Å². The van der Waals surface area contributed by atoms with Crippen LogP contribution in [0.4, 0.5) is 8.78 Å². The van der Waals surface area contributed by atoms with E-state index in [-0.39, 0.29) is 24.3 Å². The summed E-state index contributed by atoms with van der Waals surface area (Å²) in [5, 5.41) is 5.15. The number of nitrogens with one attached hydrogen (secondary N) is 2. The SMILES string of the molecule is COc1cc(F)c([C@@H]2CNC(=O)[C@H]2NC(=O)Cc2ccccc2)c(F)c1. The molecule has 2 amide bonds. The molecule has 0 radical (unpaired) electrons. The summed E-state index contributed by atoms with van der Waals surface area (Å²) in [4.78, 5) is 24.4. The van der Waals surface area contributed by atoms with E-state index in [1.54, 1.807) is 24.3 Å². The number of methoxy groups -OCH3 is 1. The van der Waals surface area contributed by atoms with Gasteiger partial charge in [-0.1, -0.05) is 30.3 Å². The maximum Gasteiger partial charge on any atom is 0.243 e. The minimum Gasteiger partial charge on any atom is -0.497 e. The van der Waals surface area contributed by atoms with E-state index in [4.69, 9.17) is 4.74 Å². The third-order valence-corrected chi connectivity index (χ3v) is 4.36. The molecule has 2 aromatic rings. The van der Waals surface area contributed by atoms with Crippen LogP contribution in [0.2, 0.25) is 0 Å². The number of amides is 2. The standard InChI is InChI=1S/C19H18F2N2O3/c1-26-12-8-14(20)17(15(21)9-12)13-10-22-19(25)18(13)23-16(24)7-11-5-3-2-4-6-11/h2-6,8-9,13,18H,7,10H2,1H3,(H,22,25)(H,23,24)/t13-,18-/m0/s1. The van der Waals surface area contributed by atoms with E-state index in [2.05, 4.69) is 10.6 Å². The molecule has 0 unspecified atom stereocenters. The minimum absolute atomic E-state index is 0.0370. The van der Waals surface area contributed by atoms with Gasteiger partial charge in [0.25, 0.3) is 0 Å². The van der Waals surface area contributed by atoms with Gasteiger partial charge in [0.15, 0.2) is 0 Å². The van der Waals surface area contributed by atoms with Crippen LogP contribution in [0.3, 0.4) is 0 Å². The van der Waals surface area contributed by atoms with Gasteiger partial charge in [0.1, 0.15) is 23.4 Å². The van der Waals surface area contributed by atoms with Crippen molar-refractivity contribution in [3.8, 4) is 5.75 Å². The molecule has 1 fully saturated rings. The molecule has 2 aromatic carbocycles. The highest BCUT2D eigenvalue weighted by Gasteiger charge is 2.39. The Hall–Kier alpha value is -2.96. The van der Waals surface area contributed by atoms with Crippen LogP contribution in [-0.2, 0) is 16.0 Å². The van der Waals surface area contributed by atoms with Crippen molar-refractivity contribution in [3.05, 3.63) is 65.2 Å². The van der Waals surface area contributed by atoms with Gasteiger partial charge in [0.2, 0.25) is 11.8 Å². The first-order valence-electron chi connectivity index (χ1n) is 8.13. The van der Waals surface area contributed by atoms with Crippen molar-refractivity contribution in [2.45, 2.75) is 18.4 Å². The minimum atomic E-state index is -1.04. The predicted octanol–water partition coefficient (Wildman–Crippen LogP) is 1.91. The highest BCUT2D eigenvalue weighted by molar-refractivity contribution is 5.91. The van der Waals surface area contributed by atoms with Crippen LogP contribution in [0.25, 0.3) is 0 Å². The smallest absolute Gasteiger partial charge is 0.243 e. The number of hydrogen-bond acceptors (Lipinski definition) is 3. The molecule has 2 N–H and O–H groups in total. The fourth-order valence-electron chi connectivity index (χ4n) is 3.09. The first-order valence-corrected chi connectivity index (χ1v) is 8.13. The number of benzene rings is 2. The lowest BCUT2D eigenvalue weighted by atomic mass is 9.92. The molecule has 2 atom stereocenters. The molecule has 0 aromatic heterocycles. The lowest BCUT2D eigenvalue weighted by Crippen LogP contribution is -2.43. The summed E-state index contributed by atoms with van der Waals surface area (Å²) in [5.41, 5.74) is 0.538. The summed E-state index contributed by atoms with van der Waals surface area (Å²) in [6.45, 7) is 0.0370. The molecule has 0 spiro atoms. The van der Waals surface area contributed by atoms with Crippen molar-refractivity contribution in [1.82, 2.24) is 10.6 Å². The molecule has 0 aliphatic carbocycles. The summed E-state index contributed by atoms with van der Waals surface area (Å²) >= 11 is 0. The summed E-state index contributed by atoms with van der Waals surface area (Å²) in [6, 6.07) is 10.1. The lowest BCUT2D eigenvalue weighted by molar-refractivity contribution is -0.127. The van der Waals surface area contributed by atoms with Crippen LogP contribution >= 0.6 is 0 Å². The van der Waals surface area contributed by atoms with Gasteiger partial charge >= 0.3 is 0 Å². The molecule has 0 bridgehead atoms. The van der Waals surface area contributed by atoms with Gasteiger partial charge in [-0.3, -0.25) is 9.59 Å². The molecule has 136 valence electrons. The fourth-order valence-corrected chi connectivity index (χ4v) is 3.09. The molecule has 3 rings (SSSR count). The third kappa shape index (κ3) is 3.66. The number of halogens is 2. The van der Waals surface area contributed by atoms with Crippen molar-refractivity contribution in [3.63, 3.8) is 0 Å². The lowest BCUT2D eigenvalue weighted by Gasteiger charge is -2.20. The predicted molar refractivity (Wildman–Crippen MR) is 90.7 cm³/mol. The number of rotatable bonds is 5. The molecule has 26 heavy (non-hydrogen) atoms. The Bertz CT molecular complexity index is 804. The third-order valence-electron chi connectivity index (χ3n) is 4.36. The molecule has 5 nitrogen and oxygen atoms in total. The Balaban J connectivity index is 1.80. The van der Waals surface area contributed by atoms with Gasteiger partial charge in [-0.25, -0.2) is 8.78 Å². The first kappa shape index (κ1) is 17.8. The van der Waals surface area contributed by atoms with Gasteiger partial charge in [-0.05, 0) is 5.56 Å². The zero-order chi connectivity index (χ0) is 18.7. The number of ether oxygens (including phenoxy) is 1. The molecule has 7 heteroatoms. The number of carbonyl (C=O) groups excluding carboxylic acids is 2. The molecule has 1 heterocycles. The molecule has 1 aliphatic rings. The van der Waals surface area contributed by atoms with Gasteiger partial charge in [0.05, 0.1) is 13.5 Å². The van der Waals surface area contributed by atoms with Crippen LogP contribution in [-0.4, -0.2) is 31.5 Å². The second-order valence-electron chi connectivity index (χ2n) is 6.06. The first-order chi connectivity index (χ1) is 12.5. The Labute approximate surface area is 149 Å². The van der Waals surface area contributed by atoms with Crippen LogP contribution in [0.15, 0.2) is 42.5 Å². The average molecular weight is 360 g/mol. The van der Waals surface area contributed by atoms with E-state index in [0.29, 0.717) is 0 Å². The highest BCUT2D eigenvalue weighted by atomic mass is 19.1. The van der Waals surface area contributed by atoms with Crippen molar-refractivity contribution in [2.24, 2.45) is 0 Å². The Morgan fingerprint density at radius 3 is 2.50 bits per heavy atom. The number of hydrogen-bond donors (Lipinski definition) is 2. The van der Waals surface area contributed by atoms with E-state index in [1.807, 2.05) is 6.07 Å². The van der Waals surface area contributed by atoms with Crippen LogP contribution < -0.4 is 15.4 Å². The maximum absolute atomic E-state index is 14.4. The van der Waals surface area contributed by atoms with E-state index < -0.39 is 35.4 Å². The van der Waals surface area contributed by atoms with Gasteiger partial charge in [0, 0.05) is 30.2 Å². The highest BCUT2D eigenvalue weighted by Crippen LogP contribution is 2.31. The fraction of sp³-hybridized carbons (Fsp3) is 0.263. The maximum atomic E-state index is 14.4. The molecule has 1 aliphatic heterocycles. The Morgan fingerprint density at radius 1 is 1.23 bits per heavy atom. The van der Waals surface area contributed by atoms with Crippen molar-refractivity contribution >= 4 is 11.8 Å². The topological polar surface area (TPSA) is 67.4 Å². The molecular formula is C19H18F2N2O3. The summed E-state index contributed by atoms with van der Waals surface area (Å²) < 4.78 is 33.6. The largest absolute Gasteiger partial charge is 0.497 e. The quantitative estimate of drug-likeness (QED) is 0.856. The van der Waals surface area contributed by atoms with Gasteiger partial charge in [-0.2, -0.15) is 0 Å². The molecular weight excluding hydrogens is 342 g/mol. The van der Waals surface area contributed by atoms with E-state index >= 15 is 0 Å². The summed E-state index contributed by atoms with van der Waals surface area (Å²) in [5.74, 6) is -3.28. The van der Waals surface area contributed by atoms with Crippen molar-refractivity contribution in [2.75, 3.05) is 13.7 Å². The van der Waals surface area contributed by atoms with Crippen molar-refractivity contribution < 1.29 is 23.1 Å². The van der Waals surface area contributed by atoms with Crippen LogP contribution in [0, 0.1) is 11.6 Å². The second kappa shape index (κ2) is 7.51. The molecule has 0 saturated carbocycles. The molecule has 1 saturated heterocycles. The Kier molecular flexibility index (Phi) is 5.16. The average Bonchev–Trinajstić information content (AvgIpc) is 2.95. The zero-order valence-electron chi connectivity index (χ0n) is 14.1. The van der Waals surface area contributed by atoms with Gasteiger partial charge in [-0.15, -0.1) is 0 Å². The van der Waals surface area contributed by atoms with Crippen LogP contribution in [0.5, 0.6) is 5.75 Å². The van der Waals surface area contributed by atoms with Crippen molar-refractivity contribution in [1.29, 1.82) is 0 Å². The Morgan fingerprint density at radius 2 is 1.88 bits per heavy atom. The zero-order valence-corrected chi connectivity index (χ0v) is 14.1. The summed E-state index contributed by atoms with van der Waals surface area (Å²) in [6.07, 6.45) is 0.0743. The second-order valence-corrected chi connectivity index (χ2v) is 6.06. The van der Waals surface area contributed by atoms with Gasteiger partial charge < -0.3 is 15.4 Å². The number of carbonyl (C=O) groups is 2. The van der Waals surface area contributed by atoms with E-state index in [9.17, 15) is 18.4 Å². The normalized spacial score (nSPS) is 19.1. The van der Waals surface area contributed by atoms with Crippen LogP contribution in [0.1, 0.15) is 17.0 Å². The summed E-state index contributed by atoms with van der Waals surface area (Å²) in [7, 11) is 1.31. The monoisotopic (exact) mass is 360 g/mol. The van der Waals surface area contributed by atoms with E-state index in [0.717, 1.165) is 17.7 Å².